The molecule has 0 heterocycles. The van der Waals surface area contributed by atoms with E-state index < -0.39 is 0 Å². The molecule has 0 aromatic heterocycles. The summed E-state index contributed by atoms with van der Waals surface area (Å²) in [7, 11) is 0. The quantitative estimate of drug-likeness (QED) is 0.683. The smallest absolute Gasteiger partial charge is 0.0132 e. The van der Waals surface area contributed by atoms with Gasteiger partial charge in [0.05, 0.1) is 0 Å². The van der Waals surface area contributed by atoms with Gasteiger partial charge < -0.3 is 5.32 Å². The van der Waals surface area contributed by atoms with E-state index in [4.69, 9.17) is 0 Å². The molecule has 11 heavy (non-hydrogen) atoms. The molecule has 0 saturated heterocycles. The molecular formula is C9H19NS. The highest BCUT2D eigenvalue weighted by Gasteiger charge is 2.28. The van der Waals surface area contributed by atoms with Gasteiger partial charge in [-0.3, -0.25) is 0 Å². The van der Waals surface area contributed by atoms with Crippen LogP contribution in [0.4, 0.5) is 0 Å². The molecule has 66 valence electrons. The molecule has 1 rings (SSSR count). The Morgan fingerprint density at radius 2 is 2.09 bits per heavy atom. The number of thioether (sulfide) groups is 1. The molecule has 0 amide bonds. The van der Waals surface area contributed by atoms with Crippen molar-refractivity contribution in [2.45, 2.75) is 38.8 Å². The lowest BCUT2D eigenvalue weighted by molar-refractivity contribution is 0.454. The number of nitrogens with one attached hydrogen (secondary N) is 1. The van der Waals surface area contributed by atoms with Gasteiger partial charge in [-0.15, -0.1) is 0 Å². The van der Waals surface area contributed by atoms with E-state index in [2.05, 4.69) is 25.4 Å². The maximum Gasteiger partial charge on any atom is 0.0132 e. The van der Waals surface area contributed by atoms with E-state index in [1.165, 1.54) is 18.6 Å². The normalized spacial score (nSPS) is 23.2. The third-order valence-corrected chi connectivity index (χ3v) is 3.13. The highest BCUT2D eigenvalue weighted by atomic mass is 32.2. The van der Waals surface area contributed by atoms with Crippen LogP contribution in [0, 0.1) is 5.92 Å². The molecule has 0 bridgehead atoms. The van der Waals surface area contributed by atoms with E-state index in [1.807, 2.05) is 11.8 Å². The van der Waals surface area contributed by atoms with Crippen molar-refractivity contribution in [1.82, 2.24) is 5.32 Å². The second-order valence-corrected chi connectivity index (χ2v) is 4.56. The Balaban J connectivity index is 2.07. The van der Waals surface area contributed by atoms with Crippen LogP contribution in [0.25, 0.3) is 0 Å². The van der Waals surface area contributed by atoms with Crippen LogP contribution in [0.3, 0.4) is 0 Å². The van der Waals surface area contributed by atoms with E-state index in [1.54, 1.807) is 0 Å². The largest absolute Gasteiger partial charge is 0.311 e. The number of rotatable bonds is 5. The number of hydrogen-bond acceptors (Lipinski definition) is 2. The van der Waals surface area contributed by atoms with Crippen LogP contribution in [0.5, 0.6) is 0 Å². The van der Waals surface area contributed by atoms with Gasteiger partial charge in [-0.25, -0.2) is 0 Å². The molecule has 1 nitrogen and oxygen atoms in total. The Kier molecular flexibility index (Phi) is 3.73. The highest BCUT2D eigenvalue weighted by Crippen LogP contribution is 2.32. The van der Waals surface area contributed by atoms with Gasteiger partial charge in [0.15, 0.2) is 0 Å². The van der Waals surface area contributed by atoms with Gasteiger partial charge in [-0.1, -0.05) is 0 Å². The summed E-state index contributed by atoms with van der Waals surface area (Å²) in [6.07, 6.45) is 5.06. The third kappa shape index (κ3) is 3.48. The Hall–Kier alpha value is 0.310. The summed E-state index contributed by atoms with van der Waals surface area (Å²) >= 11 is 1.92. The van der Waals surface area contributed by atoms with Gasteiger partial charge in [0, 0.05) is 17.8 Å². The number of hydrogen-bond donors (Lipinski definition) is 1. The third-order valence-electron chi connectivity index (χ3n) is 2.29. The first-order valence-electron chi connectivity index (χ1n) is 4.49. The van der Waals surface area contributed by atoms with Crippen molar-refractivity contribution < 1.29 is 0 Å². The fourth-order valence-corrected chi connectivity index (χ4v) is 2.08. The lowest BCUT2D eigenvalue weighted by Gasteiger charge is -2.18. The first-order chi connectivity index (χ1) is 5.24. The van der Waals surface area contributed by atoms with Crippen LogP contribution in [-0.4, -0.2) is 24.1 Å². The van der Waals surface area contributed by atoms with Crippen molar-refractivity contribution in [2.75, 3.05) is 12.0 Å². The van der Waals surface area contributed by atoms with Crippen LogP contribution < -0.4 is 5.32 Å². The molecule has 1 fully saturated rings. The molecule has 2 unspecified atom stereocenters. The monoisotopic (exact) mass is 173 g/mol. The van der Waals surface area contributed by atoms with Gasteiger partial charge >= 0.3 is 0 Å². The summed E-state index contributed by atoms with van der Waals surface area (Å²) in [5, 5.41) is 3.62. The molecular weight excluding hydrogens is 154 g/mol. The molecule has 1 N–H and O–H groups in total. The summed E-state index contributed by atoms with van der Waals surface area (Å²) in [6.45, 7) is 4.59. The topological polar surface area (TPSA) is 12.0 Å². The molecule has 1 aliphatic rings. The second kappa shape index (κ2) is 4.36. The fourth-order valence-electron chi connectivity index (χ4n) is 1.48. The second-order valence-electron chi connectivity index (χ2n) is 3.65. The summed E-state index contributed by atoms with van der Waals surface area (Å²) < 4.78 is 0. The maximum atomic E-state index is 3.62. The summed E-state index contributed by atoms with van der Waals surface area (Å²) in [5.74, 6) is 2.22. The van der Waals surface area contributed by atoms with Crippen molar-refractivity contribution in [2.24, 2.45) is 5.92 Å². The zero-order valence-corrected chi connectivity index (χ0v) is 8.58. The molecule has 0 spiro atoms. The Morgan fingerprint density at radius 1 is 1.45 bits per heavy atom. The van der Waals surface area contributed by atoms with Crippen molar-refractivity contribution in [3.63, 3.8) is 0 Å². The Labute approximate surface area is 74.3 Å². The minimum Gasteiger partial charge on any atom is -0.311 e. The molecule has 1 saturated carbocycles. The van der Waals surface area contributed by atoms with Crippen LogP contribution in [-0.2, 0) is 0 Å². The van der Waals surface area contributed by atoms with E-state index in [0.717, 1.165) is 12.0 Å². The average molecular weight is 173 g/mol. The van der Waals surface area contributed by atoms with Crippen LogP contribution in [0.1, 0.15) is 26.7 Å². The van der Waals surface area contributed by atoms with E-state index >= 15 is 0 Å². The SMILES string of the molecule is CSCC(C)NC(C)C1CC1. The first kappa shape index (κ1) is 9.40. The van der Waals surface area contributed by atoms with Gasteiger partial charge in [-0.05, 0) is 38.9 Å². The zero-order chi connectivity index (χ0) is 8.27. The van der Waals surface area contributed by atoms with Crippen LogP contribution in [0.15, 0.2) is 0 Å². The van der Waals surface area contributed by atoms with Gasteiger partial charge in [0.2, 0.25) is 0 Å². The van der Waals surface area contributed by atoms with E-state index in [0.29, 0.717) is 6.04 Å². The minimum atomic E-state index is 0.681. The van der Waals surface area contributed by atoms with Crippen LogP contribution >= 0.6 is 11.8 Å². The summed E-state index contributed by atoms with van der Waals surface area (Å²) in [5.41, 5.74) is 0. The molecule has 0 aromatic rings. The van der Waals surface area contributed by atoms with E-state index in [-0.39, 0.29) is 0 Å². The first-order valence-corrected chi connectivity index (χ1v) is 5.88. The molecule has 2 heteroatoms. The Bertz CT molecular complexity index is 112. The Morgan fingerprint density at radius 3 is 2.55 bits per heavy atom. The van der Waals surface area contributed by atoms with Crippen molar-refractivity contribution in [1.29, 1.82) is 0 Å². The standard InChI is InChI=1S/C9H19NS/c1-7(6-11-3)10-8(2)9-4-5-9/h7-10H,4-6H2,1-3H3. The van der Waals surface area contributed by atoms with Gasteiger partial charge in [0.25, 0.3) is 0 Å². The van der Waals surface area contributed by atoms with Crippen molar-refractivity contribution >= 4 is 11.8 Å². The summed E-state index contributed by atoms with van der Waals surface area (Å²) in [6, 6.07) is 1.43. The van der Waals surface area contributed by atoms with Crippen molar-refractivity contribution in [3.8, 4) is 0 Å². The van der Waals surface area contributed by atoms with Crippen LogP contribution in [0.2, 0.25) is 0 Å². The maximum absolute atomic E-state index is 3.62. The van der Waals surface area contributed by atoms with Crippen molar-refractivity contribution in [3.05, 3.63) is 0 Å². The minimum absolute atomic E-state index is 0.681. The van der Waals surface area contributed by atoms with E-state index in [9.17, 15) is 0 Å². The zero-order valence-electron chi connectivity index (χ0n) is 7.76. The molecule has 2 atom stereocenters. The van der Waals surface area contributed by atoms with Gasteiger partial charge in [-0.2, -0.15) is 11.8 Å². The fraction of sp³-hybridized carbons (Fsp3) is 1.00. The summed E-state index contributed by atoms with van der Waals surface area (Å²) in [4.78, 5) is 0. The lowest BCUT2D eigenvalue weighted by atomic mass is 10.2. The molecule has 1 aliphatic carbocycles. The predicted octanol–water partition coefficient (Wildman–Crippen LogP) is 2.13. The molecule has 0 aromatic carbocycles. The average Bonchev–Trinajstić information content (AvgIpc) is 2.67. The molecule has 0 aliphatic heterocycles. The van der Waals surface area contributed by atoms with Gasteiger partial charge in [0.1, 0.15) is 0 Å². The lowest BCUT2D eigenvalue weighted by Crippen LogP contribution is -2.37. The molecule has 0 radical (unpaired) electrons. The highest BCUT2D eigenvalue weighted by molar-refractivity contribution is 7.98. The predicted molar refractivity (Wildman–Crippen MR) is 53.2 cm³/mol.